The minimum Gasteiger partial charge on any atom is -0.382 e. The molecule has 31 heavy (non-hydrogen) atoms. The topological polar surface area (TPSA) is 114 Å². The molecule has 1 aromatic carbocycles. The van der Waals surface area contributed by atoms with Crippen molar-refractivity contribution in [2.45, 2.75) is 26.3 Å². The van der Waals surface area contributed by atoms with E-state index in [1.807, 2.05) is 4.90 Å². The van der Waals surface area contributed by atoms with E-state index in [9.17, 15) is 4.39 Å². The first kappa shape index (κ1) is 23.4. The molecule has 7 nitrogen and oxygen atoms in total. The number of amidine groups is 2. The Morgan fingerprint density at radius 1 is 1.35 bits per heavy atom. The molecule has 0 atom stereocenters. The lowest BCUT2D eigenvalue weighted by Crippen LogP contribution is -2.38. The molecule has 5 N–H and O–H groups in total. The van der Waals surface area contributed by atoms with Gasteiger partial charge in [-0.15, -0.1) is 0 Å². The molecular formula is C21H26Cl2FN7. The fraction of sp³-hybridized carbons (Fsp3) is 0.429. The number of benzene rings is 1. The Balaban J connectivity index is 1.82. The van der Waals surface area contributed by atoms with Gasteiger partial charge in [-0.3, -0.25) is 15.8 Å². The second-order valence-corrected chi connectivity index (χ2v) is 8.35. The van der Waals surface area contributed by atoms with Crippen LogP contribution in [0.15, 0.2) is 33.9 Å². The van der Waals surface area contributed by atoms with Gasteiger partial charge in [0.15, 0.2) is 0 Å². The molecule has 1 aromatic rings. The number of aliphatic imine (C=N–C) groups is 2. The van der Waals surface area contributed by atoms with E-state index >= 15 is 0 Å². The third-order valence-electron chi connectivity index (χ3n) is 5.43. The van der Waals surface area contributed by atoms with E-state index in [0.717, 1.165) is 25.9 Å². The minimum atomic E-state index is -0.544. The zero-order chi connectivity index (χ0) is 22.5. The largest absolute Gasteiger partial charge is 0.382 e. The van der Waals surface area contributed by atoms with Gasteiger partial charge in [0.25, 0.3) is 0 Å². The van der Waals surface area contributed by atoms with E-state index < -0.39 is 5.82 Å². The smallest absolute Gasteiger partial charge is 0.142 e. The van der Waals surface area contributed by atoms with Crippen molar-refractivity contribution in [3.63, 3.8) is 0 Å². The van der Waals surface area contributed by atoms with Crippen molar-refractivity contribution in [3.05, 3.63) is 45.3 Å². The van der Waals surface area contributed by atoms with Gasteiger partial charge in [0.2, 0.25) is 0 Å². The SMILES string of the molecule is CC(=NC(=N)C1CCNCC1)C(=N)/C=C1\C(N)=NCCN1Cc1c(Cl)ccc(F)c1Cl. The highest BCUT2D eigenvalue weighted by atomic mass is 35.5. The third-order valence-corrected chi connectivity index (χ3v) is 6.19. The van der Waals surface area contributed by atoms with Crippen LogP contribution >= 0.6 is 23.2 Å². The minimum absolute atomic E-state index is 0.0313. The van der Waals surface area contributed by atoms with Crippen LogP contribution < -0.4 is 11.1 Å². The highest BCUT2D eigenvalue weighted by Crippen LogP contribution is 2.30. The second kappa shape index (κ2) is 10.3. The van der Waals surface area contributed by atoms with Crippen LogP contribution in [0.1, 0.15) is 25.3 Å². The fourth-order valence-corrected chi connectivity index (χ4v) is 4.05. The van der Waals surface area contributed by atoms with Crippen LogP contribution in [0.2, 0.25) is 10.0 Å². The molecule has 2 aliphatic heterocycles. The molecule has 0 unspecified atom stereocenters. The van der Waals surface area contributed by atoms with Gasteiger partial charge in [-0.1, -0.05) is 23.2 Å². The molecule has 0 bridgehead atoms. The normalized spacial score (nSPS) is 19.5. The lowest BCUT2D eigenvalue weighted by molar-refractivity contribution is 0.352. The van der Waals surface area contributed by atoms with Gasteiger partial charge in [-0.05, 0) is 51.1 Å². The Kier molecular flexibility index (Phi) is 7.80. The predicted molar refractivity (Wildman–Crippen MR) is 126 cm³/mol. The third kappa shape index (κ3) is 5.70. The van der Waals surface area contributed by atoms with E-state index in [1.165, 1.54) is 12.1 Å². The molecule has 2 aliphatic rings. The quantitative estimate of drug-likeness (QED) is 0.302. The lowest BCUT2D eigenvalue weighted by Gasteiger charge is -2.30. The van der Waals surface area contributed by atoms with Crippen molar-refractivity contribution < 1.29 is 4.39 Å². The van der Waals surface area contributed by atoms with Gasteiger partial charge in [0, 0.05) is 29.6 Å². The van der Waals surface area contributed by atoms with E-state index in [-0.39, 0.29) is 29.0 Å². The van der Waals surface area contributed by atoms with Crippen LogP contribution in [0.4, 0.5) is 4.39 Å². The predicted octanol–water partition coefficient (Wildman–Crippen LogP) is 3.65. The summed E-state index contributed by atoms with van der Waals surface area (Å²) in [6.45, 7) is 4.66. The number of allylic oxidation sites excluding steroid dienone is 1. The molecule has 1 saturated heterocycles. The summed E-state index contributed by atoms with van der Waals surface area (Å²) in [4.78, 5) is 10.5. The Morgan fingerprint density at radius 2 is 2.06 bits per heavy atom. The number of piperidine rings is 1. The fourth-order valence-electron chi connectivity index (χ4n) is 3.56. The number of nitrogens with two attached hydrogens (primary N) is 1. The molecule has 166 valence electrons. The van der Waals surface area contributed by atoms with Crippen LogP contribution in [-0.4, -0.2) is 54.2 Å². The van der Waals surface area contributed by atoms with Gasteiger partial charge in [0.05, 0.1) is 28.7 Å². The monoisotopic (exact) mass is 465 g/mol. The van der Waals surface area contributed by atoms with Crippen LogP contribution in [0.25, 0.3) is 0 Å². The summed E-state index contributed by atoms with van der Waals surface area (Å²) in [5.41, 5.74) is 7.65. The molecule has 0 aromatic heterocycles. The number of rotatable bonds is 5. The number of halogens is 3. The molecule has 1 fully saturated rings. The van der Waals surface area contributed by atoms with Crippen molar-refractivity contribution in [2.75, 3.05) is 26.2 Å². The van der Waals surface area contributed by atoms with Crippen molar-refractivity contribution >= 4 is 46.3 Å². The molecule has 0 amide bonds. The zero-order valence-corrected chi connectivity index (χ0v) is 18.8. The maximum Gasteiger partial charge on any atom is 0.142 e. The summed E-state index contributed by atoms with van der Waals surface area (Å²) < 4.78 is 13.9. The average molecular weight is 466 g/mol. The number of nitrogens with one attached hydrogen (secondary N) is 3. The number of hydrogen-bond donors (Lipinski definition) is 4. The Morgan fingerprint density at radius 3 is 2.77 bits per heavy atom. The van der Waals surface area contributed by atoms with E-state index in [0.29, 0.717) is 40.9 Å². The lowest BCUT2D eigenvalue weighted by atomic mass is 9.97. The highest BCUT2D eigenvalue weighted by Gasteiger charge is 2.23. The Labute approximate surface area is 191 Å². The summed E-state index contributed by atoms with van der Waals surface area (Å²) in [5, 5.41) is 20.3. The standard InChI is InChI=1S/C21H26Cl2FN7/c1-12(30-20(26)13-4-6-28-7-5-13)17(25)10-18-21(27)29-8-9-31(18)11-14-15(22)2-3-16(24)19(14)23/h2-3,10,13,25-26,28H,4-9,11H2,1H3,(H2,27,29)/b18-10+,25-17?,26-20?,30-12?. The van der Waals surface area contributed by atoms with Crippen LogP contribution in [0, 0.1) is 22.6 Å². The van der Waals surface area contributed by atoms with Crippen LogP contribution in [-0.2, 0) is 6.54 Å². The van der Waals surface area contributed by atoms with E-state index in [1.54, 1.807) is 13.0 Å². The first-order chi connectivity index (χ1) is 14.8. The zero-order valence-electron chi connectivity index (χ0n) is 17.3. The summed E-state index contributed by atoms with van der Waals surface area (Å²) in [5.74, 6) is 0.132. The molecule has 2 heterocycles. The summed E-state index contributed by atoms with van der Waals surface area (Å²) in [6, 6.07) is 2.69. The van der Waals surface area contributed by atoms with Crippen LogP contribution in [0.5, 0.6) is 0 Å². The van der Waals surface area contributed by atoms with Crippen LogP contribution in [0.3, 0.4) is 0 Å². The molecule has 0 saturated carbocycles. The second-order valence-electron chi connectivity index (χ2n) is 7.56. The molecule has 0 radical (unpaired) electrons. The van der Waals surface area contributed by atoms with Crippen molar-refractivity contribution in [3.8, 4) is 0 Å². The number of hydrogen-bond acceptors (Lipinski definition) is 6. The molecule has 10 heteroatoms. The van der Waals surface area contributed by atoms with Crippen molar-refractivity contribution in [1.82, 2.24) is 10.2 Å². The van der Waals surface area contributed by atoms with Gasteiger partial charge >= 0.3 is 0 Å². The first-order valence-electron chi connectivity index (χ1n) is 10.1. The Bertz CT molecular complexity index is 965. The molecular weight excluding hydrogens is 440 g/mol. The first-order valence-corrected chi connectivity index (χ1v) is 10.9. The summed E-state index contributed by atoms with van der Waals surface area (Å²) in [7, 11) is 0. The Hall–Kier alpha value is -2.29. The maximum atomic E-state index is 13.9. The summed E-state index contributed by atoms with van der Waals surface area (Å²) >= 11 is 12.4. The van der Waals surface area contributed by atoms with E-state index in [2.05, 4.69) is 15.3 Å². The molecule has 0 spiro atoms. The average Bonchev–Trinajstić information content (AvgIpc) is 2.76. The molecule has 3 rings (SSSR count). The van der Waals surface area contributed by atoms with Crippen molar-refractivity contribution in [2.24, 2.45) is 21.6 Å². The van der Waals surface area contributed by atoms with E-state index in [4.69, 9.17) is 39.8 Å². The van der Waals surface area contributed by atoms with Gasteiger partial charge in [0.1, 0.15) is 17.5 Å². The maximum absolute atomic E-state index is 13.9. The van der Waals surface area contributed by atoms with Gasteiger partial charge < -0.3 is 16.0 Å². The number of nitrogens with zero attached hydrogens (tertiary/aromatic N) is 3. The molecule has 0 aliphatic carbocycles. The van der Waals surface area contributed by atoms with Crippen molar-refractivity contribution in [1.29, 1.82) is 10.8 Å². The van der Waals surface area contributed by atoms with Gasteiger partial charge in [-0.25, -0.2) is 9.38 Å². The van der Waals surface area contributed by atoms with Gasteiger partial charge in [-0.2, -0.15) is 0 Å². The summed E-state index contributed by atoms with van der Waals surface area (Å²) in [6.07, 6.45) is 3.31. The highest BCUT2D eigenvalue weighted by molar-refractivity contribution is 6.46.